The third kappa shape index (κ3) is 9.39. The van der Waals surface area contributed by atoms with E-state index in [1.165, 1.54) is 6.42 Å². The molecule has 2 atom stereocenters. The van der Waals surface area contributed by atoms with E-state index in [1.807, 2.05) is 0 Å². The maximum Gasteiger partial charge on any atom is 0.191 e. The van der Waals surface area contributed by atoms with Crippen LogP contribution in [0.25, 0.3) is 0 Å². The van der Waals surface area contributed by atoms with Gasteiger partial charge in [-0.25, -0.2) is 0 Å². The van der Waals surface area contributed by atoms with E-state index in [2.05, 4.69) is 36.4 Å². The Morgan fingerprint density at radius 1 is 1.21 bits per heavy atom. The van der Waals surface area contributed by atoms with Crippen LogP contribution in [-0.2, 0) is 14.2 Å². The van der Waals surface area contributed by atoms with Crippen molar-refractivity contribution >= 4 is 29.9 Å². The zero-order valence-corrected chi connectivity index (χ0v) is 18.2. The molecule has 1 saturated heterocycles. The van der Waals surface area contributed by atoms with Crippen molar-refractivity contribution in [2.24, 2.45) is 16.3 Å². The molecule has 7 heteroatoms. The number of ether oxygens (including phenoxy) is 3. The van der Waals surface area contributed by atoms with Crippen LogP contribution in [0.3, 0.4) is 0 Å². The standard InChI is InChI=1S/C17H35N3O3.HI/c1-17(2,3)15-14(7-6-9-23-15)13-20-16(18-4)19-8-10-22-12-11-21-5;/h14-15H,6-13H2,1-5H3,(H2,18,19,20);1H. The van der Waals surface area contributed by atoms with Crippen LogP contribution >= 0.6 is 24.0 Å². The van der Waals surface area contributed by atoms with Gasteiger partial charge in [0.2, 0.25) is 0 Å². The molecule has 0 spiro atoms. The van der Waals surface area contributed by atoms with Crippen LogP contribution in [0, 0.1) is 11.3 Å². The number of halogens is 1. The van der Waals surface area contributed by atoms with Crippen LogP contribution < -0.4 is 10.6 Å². The Morgan fingerprint density at radius 2 is 1.96 bits per heavy atom. The van der Waals surface area contributed by atoms with Gasteiger partial charge in [0.15, 0.2) is 5.96 Å². The quantitative estimate of drug-likeness (QED) is 0.254. The van der Waals surface area contributed by atoms with Crippen LogP contribution in [-0.4, -0.2) is 65.7 Å². The van der Waals surface area contributed by atoms with E-state index in [0.29, 0.717) is 31.8 Å². The Bertz CT molecular complexity index is 348. The van der Waals surface area contributed by atoms with Crippen LogP contribution in [0.1, 0.15) is 33.6 Å². The van der Waals surface area contributed by atoms with Gasteiger partial charge in [0, 0.05) is 39.8 Å². The molecule has 1 fully saturated rings. The lowest BCUT2D eigenvalue weighted by molar-refractivity contribution is -0.0835. The smallest absolute Gasteiger partial charge is 0.191 e. The molecule has 144 valence electrons. The van der Waals surface area contributed by atoms with Gasteiger partial charge in [-0.2, -0.15) is 0 Å². The van der Waals surface area contributed by atoms with E-state index < -0.39 is 0 Å². The minimum absolute atomic E-state index is 0. The summed E-state index contributed by atoms with van der Waals surface area (Å²) in [6.07, 6.45) is 2.63. The van der Waals surface area contributed by atoms with Gasteiger partial charge in [0.25, 0.3) is 0 Å². The fraction of sp³-hybridized carbons (Fsp3) is 0.941. The second kappa shape index (κ2) is 13.1. The summed E-state index contributed by atoms with van der Waals surface area (Å²) in [5.41, 5.74) is 0.166. The molecule has 24 heavy (non-hydrogen) atoms. The fourth-order valence-corrected chi connectivity index (χ4v) is 2.94. The first-order valence-electron chi connectivity index (χ1n) is 8.62. The predicted octanol–water partition coefficient (Wildman–Crippen LogP) is 2.27. The summed E-state index contributed by atoms with van der Waals surface area (Å²) in [7, 11) is 3.47. The summed E-state index contributed by atoms with van der Waals surface area (Å²) >= 11 is 0. The van der Waals surface area contributed by atoms with Crippen molar-refractivity contribution in [3.05, 3.63) is 0 Å². The SMILES string of the molecule is CN=C(NCCOCCOC)NCC1CCCOC1C(C)(C)C.I. The van der Waals surface area contributed by atoms with E-state index in [0.717, 1.165) is 32.1 Å². The molecule has 0 aromatic heterocycles. The molecule has 1 rings (SSSR count). The van der Waals surface area contributed by atoms with Crippen LogP contribution in [0.2, 0.25) is 0 Å². The molecule has 0 aromatic carbocycles. The molecule has 2 N–H and O–H groups in total. The number of hydrogen-bond acceptors (Lipinski definition) is 4. The maximum atomic E-state index is 6.02. The highest BCUT2D eigenvalue weighted by Crippen LogP contribution is 2.33. The summed E-state index contributed by atoms with van der Waals surface area (Å²) in [6, 6.07) is 0. The zero-order valence-electron chi connectivity index (χ0n) is 15.9. The number of guanidine groups is 1. The lowest BCUT2D eigenvalue weighted by atomic mass is 9.78. The average molecular weight is 457 g/mol. The van der Waals surface area contributed by atoms with Gasteiger partial charge in [0.1, 0.15) is 0 Å². The number of nitrogens with one attached hydrogen (secondary N) is 2. The van der Waals surface area contributed by atoms with E-state index in [4.69, 9.17) is 14.2 Å². The number of hydrogen-bond donors (Lipinski definition) is 2. The van der Waals surface area contributed by atoms with Crippen molar-refractivity contribution in [2.75, 3.05) is 53.7 Å². The summed E-state index contributed by atoms with van der Waals surface area (Å²) in [6.45, 7) is 11.1. The maximum absolute atomic E-state index is 6.02. The molecule has 1 aliphatic heterocycles. The first-order valence-corrected chi connectivity index (χ1v) is 8.62. The van der Waals surface area contributed by atoms with Gasteiger partial charge >= 0.3 is 0 Å². The molecule has 0 saturated carbocycles. The molecule has 0 amide bonds. The largest absolute Gasteiger partial charge is 0.382 e. The van der Waals surface area contributed by atoms with Crippen LogP contribution in [0.4, 0.5) is 0 Å². The molecule has 0 aromatic rings. The van der Waals surface area contributed by atoms with Crippen molar-refractivity contribution in [2.45, 2.75) is 39.7 Å². The molecule has 6 nitrogen and oxygen atoms in total. The highest BCUT2D eigenvalue weighted by molar-refractivity contribution is 14.0. The van der Waals surface area contributed by atoms with E-state index in [9.17, 15) is 0 Å². The molecular formula is C17H36IN3O3. The van der Waals surface area contributed by atoms with Gasteiger partial charge in [-0.05, 0) is 18.3 Å². The summed E-state index contributed by atoms with van der Waals surface area (Å²) in [5, 5.41) is 6.69. The Labute approximate surface area is 164 Å². The first kappa shape index (κ1) is 23.9. The molecule has 0 bridgehead atoms. The summed E-state index contributed by atoms with van der Waals surface area (Å²) in [5.74, 6) is 1.33. The molecule has 1 aliphatic rings. The lowest BCUT2D eigenvalue weighted by Crippen LogP contribution is -2.47. The third-order valence-electron chi connectivity index (χ3n) is 4.02. The highest BCUT2D eigenvalue weighted by Gasteiger charge is 2.35. The van der Waals surface area contributed by atoms with Gasteiger partial charge in [-0.15, -0.1) is 24.0 Å². The van der Waals surface area contributed by atoms with E-state index >= 15 is 0 Å². The van der Waals surface area contributed by atoms with Crippen molar-refractivity contribution in [1.82, 2.24) is 10.6 Å². The zero-order chi connectivity index (χ0) is 17.1. The Hall–Kier alpha value is -0.120. The number of rotatable bonds is 8. The first-order chi connectivity index (χ1) is 11.0. The molecule has 0 aliphatic carbocycles. The molecule has 1 heterocycles. The predicted molar refractivity (Wildman–Crippen MR) is 109 cm³/mol. The number of nitrogens with zero attached hydrogens (tertiary/aromatic N) is 1. The highest BCUT2D eigenvalue weighted by atomic mass is 127. The fourth-order valence-electron chi connectivity index (χ4n) is 2.94. The molecule has 2 unspecified atom stereocenters. The van der Waals surface area contributed by atoms with Gasteiger partial charge in [-0.1, -0.05) is 20.8 Å². The van der Waals surface area contributed by atoms with Gasteiger partial charge in [-0.3, -0.25) is 4.99 Å². The second-order valence-corrected chi connectivity index (χ2v) is 7.04. The van der Waals surface area contributed by atoms with Crippen molar-refractivity contribution < 1.29 is 14.2 Å². The minimum Gasteiger partial charge on any atom is -0.382 e. The lowest BCUT2D eigenvalue weighted by Gasteiger charge is -2.40. The van der Waals surface area contributed by atoms with Crippen LogP contribution in [0.15, 0.2) is 4.99 Å². The summed E-state index contributed by atoms with van der Waals surface area (Å²) < 4.78 is 16.4. The molecular weight excluding hydrogens is 421 g/mol. The Balaban J connectivity index is 0.00000529. The van der Waals surface area contributed by atoms with E-state index in [1.54, 1.807) is 14.2 Å². The Morgan fingerprint density at radius 3 is 2.58 bits per heavy atom. The van der Waals surface area contributed by atoms with Gasteiger partial charge < -0.3 is 24.8 Å². The number of aliphatic imine (C=N–C) groups is 1. The average Bonchev–Trinajstić information content (AvgIpc) is 2.53. The molecule has 0 radical (unpaired) electrons. The third-order valence-corrected chi connectivity index (χ3v) is 4.02. The Kier molecular flexibility index (Phi) is 13.1. The number of methoxy groups -OCH3 is 1. The van der Waals surface area contributed by atoms with E-state index in [-0.39, 0.29) is 29.4 Å². The van der Waals surface area contributed by atoms with Crippen molar-refractivity contribution in [1.29, 1.82) is 0 Å². The van der Waals surface area contributed by atoms with Gasteiger partial charge in [0.05, 0.1) is 25.9 Å². The summed E-state index contributed by atoms with van der Waals surface area (Å²) in [4.78, 5) is 4.27. The second-order valence-electron chi connectivity index (χ2n) is 7.04. The topological polar surface area (TPSA) is 64.1 Å². The minimum atomic E-state index is 0. The normalized spacial score (nSPS) is 22.0. The monoisotopic (exact) mass is 457 g/mol. The van der Waals surface area contributed by atoms with Crippen molar-refractivity contribution in [3.63, 3.8) is 0 Å². The van der Waals surface area contributed by atoms with Crippen LogP contribution in [0.5, 0.6) is 0 Å². The van der Waals surface area contributed by atoms with Crippen molar-refractivity contribution in [3.8, 4) is 0 Å².